The number of nitro groups is 1. The van der Waals surface area contributed by atoms with E-state index >= 15 is 0 Å². The van der Waals surface area contributed by atoms with Crippen molar-refractivity contribution in [2.24, 2.45) is 0 Å². The molecule has 20 heavy (non-hydrogen) atoms. The zero-order chi connectivity index (χ0) is 14.7. The first-order valence-electron chi connectivity index (χ1n) is 6.15. The molecule has 1 heterocycles. The fourth-order valence-electron chi connectivity index (χ4n) is 2.30. The summed E-state index contributed by atoms with van der Waals surface area (Å²) in [6, 6.07) is 1.16. The van der Waals surface area contributed by atoms with Gasteiger partial charge >= 0.3 is 0 Å². The van der Waals surface area contributed by atoms with Crippen molar-refractivity contribution in [3.63, 3.8) is 0 Å². The molecule has 108 valence electrons. The number of carbonyl (C=O) groups is 1. The van der Waals surface area contributed by atoms with Gasteiger partial charge in [-0.25, -0.2) is 4.98 Å². The van der Waals surface area contributed by atoms with Crippen molar-refractivity contribution < 1.29 is 14.5 Å². The Morgan fingerprint density at radius 2 is 2.35 bits per heavy atom. The smallest absolute Gasteiger partial charge is 0.300 e. The molecule has 0 spiro atoms. The number of rotatable bonds is 4. The van der Waals surface area contributed by atoms with Gasteiger partial charge in [0.2, 0.25) is 0 Å². The fourth-order valence-corrected chi connectivity index (χ4v) is 2.46. The van der Waals surface area contributed by atoms with Gasteiger partial charge in [-0.05, 0) is 25.3 Å². The molecule has 0 aliphatic heterocycles. The SMILES string of the molecule is COC1CCC(NC(=O)c2cc(Cl)ncc2[N+](=O)[O-])C1. The maximum Gasteiger partial charge on any atom is 0.300 e. The van der Waals surface area contributed by atoms with Crippen LogP contribution in [0, 0.1) is 10.1 Å². The number of carbonyl (C=O) groups excluding carboxylic acids is 1. The Morgan fingerprint density at radius 1 is 1.60 bits per heavy atom. The Labute approximate surface area is 120 Å². The number of hydrogen-bond acceptors (Lipinski definition) is 5. The normalized spacial score (nSPS) is 21.7. The third kappa shape index (κ3) is 3.23. The number of aromatic nitrogens is 1. The van der Waals surface area contributed by atoms with E-state index in [9.17, 15) is 14.9 Å². The summed E-state index contributed by atoms with van der Waals surface area (Å²) in [5.74, 6) is -0.511. The van der Waals surface area contributed by atoms with Gasteiger partial charge in [0.05, 0.1) is 11.0 Å². The second-order valence-electron chi connectivity index (χ2n) is 4.62. The van der Waals surface area contributed by atoms with Gasteiger partial charge in [0.15, 0.2) is 0 Å². The van der Waals surface area contributed by atoms with E-state index in [1.807, 2.05) is 0 Å². The molecule has 0 saturated heterocycles. The quantitative estimate of drug-likeness (QED) is 0.521. The van der Waals surface area contributed by atoms with Crippen LogP contribution in [-0.2, 0) is 4.74 Å². The lowest BCUT2D eigenvalue weighted by Crippen LogP contribution is -2.33. The Kier molecular flexibility index (Phi) is 4.51. The molecule has 1 fully saturated rings. The second-order valence-corrected chi connectivity index (χ2v) is 5.01. The Morgan fingerprint density at radius 3 is 2.95 bits per heavy atom. The van der Waals surface area contributed by atoms with Crippen molar-refractivity contribution in [2.45, 2.75) is 31.4 Å². The van der Waals surface area contributed by atoms with Crippen molar-refractivity contribution in [2.75, 3.05) is 7.11 Å². The molecule has 1 N–H and O–H groups in total. The molecule has 1 aliphatic carbocycles. The number of amides is 1. The van der Waals surface area contributed by atoms with Crippen LogP contribution in [0.3, 0.4) is 0 Å². The first-order chi connectivity index (χ1) is 9.51. The van der Waals surface area contributed by atoms with Crippen LogP contribution in [0.25, 0.3) is 0 Å². The summed E-state index contributed by atoms with van der Waals surface area (Å²) >= 11 is 5.69. The van der Waals surface area contributed by atoms with Crippen molar-refractivity contribution in [1.82, 2.24) is 10.3 Å². The lowest BCUT2D eigenvalue weighted by atomic mass is 10.2. The number of nitrogens with zero attached hydrogens (tertiary/aromatic N) is 2. The summed E-state index contributed by atoms with van der Waals surface area (Å²) < 4.78 is 5.22. The van der Waals surface area contributed by atoms with E-state index in [1.165, 1.54) is 6.07 Å². The average Bonchev–Trinajstić information content (AvgIpc) is 2.85. The molecule has 2 rings (SSSR count). The molecular formula is C12H14ClN3O4. The summed E-state index contributed by atoms with van der Waals surface area (Å²) in [4.78, 5) is 26.0. The van der Waals surface area contributed by atoms with Crippen molar-refractivity contribution >= 4 is 23.2 Å². The number of methoxy groups -OCH3 is 1. The molecular weight excluding hydrogens is 286 g/mol. The monoisotopic (exact) mass is 299 g/mol. The van der Waals surface area contributed by atoms with E-state index in [-0.39, 0.29) is 28.5 Å². The van der Waals surface area contributed by atoms with Crippen LogP contribution in [0.15, 0.2) is 12.3 Å². The minimum absolute atomic E-state index is 0.0426. The van der Waals surface area contributed by atoms with Gasteiger partial charge in [0, 0.05) is 13.2 Å². The van der Waals surface area contributed by atoms with Crippen LogP contribution in [0.4, 0.5) is 5.69 Å². The lowest BCUT2D eigenvalue weighted by Gasteiger charge is -2.13. The molecule has 2 atom stereocenters. The largest absolute Gasteiger partial charge is 0.381 e. The molecule has 1 saturated carbocycles. The van der Waals surface area contributed by atoms with E-state index in [2.05, 4.69) is 10.3 Å². The summed E-state index contributed by atoms with van der Waals surface area (Å²) in [6.07, 6.45) is 3.47. The molecule has 1 amide bonds. The topological polar surface area (TPSA) is 94.4 Å². The Hall–Kier alpha value is -1.73. The highest BCUT2D eigenvalue weighted by molar-refractivity contribution is 6.29. The average molecular weight is 300 g/mol. The highest BCUT2D eigenvalue weighted by Gasteiger charge is 2.28. The number of hydrogen-bond donors (Lipinski definition) is 1. The standard InChI is InChI=1S/C12H14ClN3O4/c1-20-8-3-2-7(4-8)15-12(17)9-5-11(13)14-6-10(9)16(18)19/h5-8H,2-4H2,1H3,(H,15,17). The first-order valence-corrected chi connectivity index (χ1v) is 6.52. The number of pyridine rings is 1. The summed E-state index contributed by atoms with van der Waals surface area (Å²) in [5, 5.41) is 13.7. The summed E-state index contributed by atoms with van der Waals surface area (Å²) in [7, 11) is 1.63. The van der Waals surface area contributed by atoms with Crippen molar-refractivity contribution in [1.29, 1.82) is 0 Å². The van der Waals surface area contributed by atoms with Crippen molar-refractivity contribution in [3.05, 3.63) is 33.1 Å². The zero-order valence-corrected chi connectivity index (χ0v) is 11.6. The predicted octanol–water partition coefficient (Wildman–Crippen LogP) is 1.94. The molecule has 1 aliphatic rings. The van der Waals surface area contributed by atoms with E-state index in [0.717, 1.165) is 19.0 Å². The maximum absolute atomic E-state index is 12.1. The number of nitrogens with one attached hydrogen (secondary N) is 1. The van der Waals surface area contributed by atoms with Gasteiger partial charge in [-0.3, -0.25) is 14.9 Å². The van der Waals surface area contributed by atoms with Gasteiger partial charge in [0.25, 0.3) is 11.6 Å². The van der Waals surface area contributed by atoms with Crippen LogP contribution in [-0.4, -0.2) is 35.1 Å². The van der Waals surface area contributed by atoms with Crippen LogP contribution in [0.5, 0.6) is 0 Å². The van der Waals surface area contributed by atoms with Crippen molar-refractivity contribution in [3.8, 4) is 0 Å². The lowest BCUT2D eigenvalue weighted by molar-refractivity contribution is -0.385. The predicted molar refractivity (Wildman–Crippen MR) is 71.8 cm³/mol. The molecule has 1 aromatic heterocycles. The van der Waals surface area contributed by atoms with E-state index < -0.39 is 10.8 Å². The van der Waals surface area contributed by atoms with Gasteiger partial charge in [-0.2, -0.15) is 0 Å². The van der Waals surface area contributed by atoms with Crippen LogP contribution in [0.1, 0.15) is 29.6 Å². The minimum Gasteiger partial charge on any atom is -0.381 e. The van der Waals surface area contributed by atoms with Crippen LogP contribution >= 0.6 is 11.6 Å². The molecule has 0 aromatic carbocycles. The van der Waals surface area contributed by atoms with Crippen LogP contribution in [0.2, 0.25) is 5.15 Å². The highest BCUT2D eigenvalue weighted by atomic mass is 35.5. The molecule has 8 heteroatoms. The minimum atomic E-state index is -0.648. The van der Waals surface area contributed by atoms with Gasteiger partial charge in [-0.15, -0.1) is 0 Å². The summed E-state index contributed by atoms with van der Waals surface area (Å²) in [6.45, 7) is 0. The Bertz CT molecular complexity index is 537. The molecule has 2 unspecified atom stereocenters. The van der Waals surface area contributed by atoms with E-state index in [0.29, 0.717) is 6.42 Å². The van der Waals surface area contributed by atoms with Gasteiger partial charge in [-0.1, -0.05) is 11.6 Å². The zero-order valence-electron chi connectivity index (χ0n) is 10.8. The van der Waals surface area contributed by atoms with E-state index in [4.69, 9.17) is 16.3 Å². The maximum atomic E-state index is 12.1. The number of halogens is 1. The fraction of sp³-hybridized carbons (Fsp3) is 0.500. The van der Waals surface area contributed by atoms with Gasteiger partial charge < -0.3 is 10.1 Å². The van der Waals surface area contributed by atoms with Crippen LogP contribution < -0.4 is 5.32 Å². The molecule has 1 aromatic rings. The number of ether oxygens (including phenoxy) is 1. The molecule has 7 nitrogen and oxygen atoms in total. The van der Waals surface area contributed by atoms with Gasteiger partial charge in [0.1, 0.15) is 16.9 Å². The second kappa shape index (κ2) is 6.15. The molecule has 0 radical (unpaired) electrons. The third-order valence-corrected chi connectivity index (χ3v) is 3.55. The Balaban J connectivity index is 2.13. The van der Waals surface area contributed by atoms with E-state index in [1.54, 1.807) is 7.11 Å². The third-order valence-electron chi connectivity index (χ3n) is 3.34. The molecule has 0 bridgehead atoms. The highest BCUT2D eigenvalue weighted by Crippen LogP contribution is 2.24. The first kappa shape index (κ1) is 14.7. The summed E-state index contributed by atoms with van der Waals surface area (Å²) in [5.41, 5.74) is -0.427.